The number of rotatable bonds is 0. The fourth-order valence-corrected chi connectivity index (χ4v) is 0.459. The summed E-state index contributed by atoms with van der Waals surface area (Å²) in [7, 11) is 0. The summed E-state index contributed by atoms with van der Waals surface area (Å²) in [5.41, 5.74) is 2.29. The van der Waals surface area contributed by atoms with Gasteiger partial charge >= 0.3 is 17.1 Å². The summed E-state index contributed by atoms with van der Waals surface area (Å²) >= 11 is 0. The number of hydrogen-bond donors (Lipinski definition) is 3. The van der Waals surface area contributed by atoms with Crippen molar-refractivity contribution in [2.24, 2.45) is 16.2 Å². The van der Waals surface area contributed by atoms with Gasteiger partial charge < -0.3 is 32.1 Å². The SMILES string of the molecule is CC(C)(C)C(=O)N[O-].CC(C)(C)C(=O)N[O-].CC(C)(C)C(=O)N[O-].[Fe+3]. The van der Waals surface area contributed by atoms with Gasteiger partial charge in [-0.25, -0.2) is 0 Å². The molecule has 0 saturated heterocycles. The Labute approximate surface area is 160 Å². The van der Waals surface area contributed by atoms with Gasteiger partial charge in [0.15, 0.2) is 0 Å². The molecule has 0 spiro atoms. The standard InChI is InChI=1S/3C5H10NO2.Fe/c3*1-5(2,3)4(7)6-8;/h3*1-3H3,(H-,6,7,8);/q3*-1;+3. The van der Waals surface area contributed by atoms with Crippen LogP contribution < -0.4 is 16.4 Å². The van der Waals surface area contributed by atoms with E-state index < -0.39 is 34.0 Å². The van der Waals surface area contributed by atoms with Gasteiger partial charge in [0.1, 0.15) is 0 Å². The number of hydrogen-bond acceptors (Lipinski definition) is 6. The van der Waals surface area contributed by atoms with Gasteiger partial charge in [-0.1, -0.05) is 62.3 Å². The van der Waals surface area contributed by atoms with Gasteiger partial charge in [0, 0.05) is 16.2 Å². The molecule has 0 fully saturated rings. The average Bonchev–Trinajstić information content (AvgIpc) is 2.42. The van der Waals surface area contributed by atoms with Gasteiger partial charge in [0.25, 0.3) is 0 Å². The second-order valence-corrected chi connectivity index (χ2v) is 8.04. The van der Waals surface area contributed by atoms with E-state index >= 15 is 0 Å². The summed E-state index contributed by atoms with van der Waals surface area (Å²) in [6.07, 6.45) is 0. The van der Waals surface area contributed by atoms with Crippen molar-refractivity contribution in [3.63, 3.8) is 0 Å². The maximum Gasteiger partial charge on any atom is 3.00 e. The van der Waals surface area contributed by atoms with Crippen LogP contribution in [0.3, 0.4) is 0 Å². The Morgan fingerprint density at radius 3 is 0.640 bits per heavy atom. The molecular weight excluding hydrogens is 374 g/mol. The van der Waals surface area contributed by atoms with E-state index in [4.69, 9.17) is 0 Å². The van der Waals surface area contributed by atoms with E-state index in [1.807, 2.05) is 0 Å². The minimum Gasteiger partial charge on any atom is -0.759 e. The summed E-state index contributed by atoms with van der Waals surface area (Å²) in [5, 5.41) is 29.0. The normalized spacial score (nSPS) is 10.6. The zero-order valence-electron chi connectivity index (χ0n) is 16.3. The van der Waals surface area contributed by atoms with E-state index in [0.717, 1.165) is 0 Å². The largest absolute Gasteiger partial charge is 3.00 e. The molecule has 0 aromatic heterocycles. The minimum absolute atomic E-state index is 0. The van der Waals surface area contributed by atoms with Crippen molar-refractivity contribution in [1.29, 1.82) is 0 Å². The summed E-state index contributed by atoms with van der Waals surface area (Å²) in [4.78, 5) is 31.2. The van der Waals surface area contributed by atoms with E-state index in [9.17, 15) is 30.0 Å². The van der Waals surface area contributed by atoms with Crippen molar-refractivity contribution in [1.82, 2.24) is 16.4 Å². The first kappa shape index (κ1) is 31.6. The van der Waals surface area contributed by atoms with E-state index in [0.29, 0.717) is 0 Å². The summed E-state index contributed by atoms with van der Waals surface area (Å²) in [6, 6.07) is 0. The molecule has 10 heteroatoms. The molecule has 0 aromatic rings. The van der Waals surface area contributed by atoms with Crippen LogP contribution in [0.25, 0.3) is 0 Å². The third-order valence-electron chi connectivity index (χ3n) is 2.32. The number of carbonyl (C=O) groups excluding carboxylic acids is 3. The predicted molar refractivity (Wildman–Crippen MR) is 92.9 cm³/mol. The number of amides is 3. The van der Waals surface area contributed by atoms with Crippen LogP contribution in [0.1, 0.15) is 62.3 Å². The molecule has 9 nitrogen and oxygen atoms in total. The molecule has 0 aromatic carbocycles. The first-order chi connectivity index (χ1) is 10.4. The summed E-state index contributed by atoms with van der Waals surface area (Å²) in [6.45, 7) is 15.1. The Morgan fingerprint density at radius 2 is 0.640 bits per heavy atom. The van der Waals surface area contributed by atoms with Crippen molar-refractivity contribution in [3.8, 4) is 0 Å². The molecule has 25 heavy (non-hydrogen) atoms. The van der Waals surface area contributed by atoms with Gasteiger partial charge in [0.2, 0.25) is 17.7 Å². The molecule has 0 aliphatic rings. The Balaban J connectivity index is -0.000000130. The molecule has 0 aliphatic carbocycles. The van der Waals surface area contributed by atoms with Crippen LogP contribution in [-0.2, 0) is 31.5 Å². The topological polar surface area (TPSA) is 156 Å². The maximum atomic E-state index is 10.4. The van der Waals surface area contributed by atoms with Gasteiger partial charge in [0.05, 0.1) is 0 Å². The Hall–Kier alpha value is -1.19. The van der Waals surface area contributed by atoms with E-state index in [1.54, 1.807) is 62.3 Å². The molecule has 1 radical (unpaired) electrons. The molecule has 3 amide bonds. The Bertz CT molecular complexity index is 347. The smallest absolute Gasteiger partial charge is 0.759 e. The predicted octanol–water partition coefficient (Wildman–Crippen LogP) is 1.94. The first-order valence-electron chi connectivity index (χ1n) is 7.22. The van der Waals surface area contributed by atoms with Crippen molar-refractivity contribution in [2.75, 3.05) is 0 Å². The number of hydroxylamine groups is 3. The summed E-state index contributed by atoms with van der Waals surface area (Å²) in [5.74, 6) is -1.42. The Morgan fingerprint density at radius 1 is 0.520 bits per heavy atom. The van der Waals surface area contributed by atoms with E-state index in [-0.39, 0.29) is 17.1 Å². The second-order valence-electron chi connectivity index (χ2n) is 8.04. The van der Waals surface area contributed by atoms with Gasteiger partial charge in [-0.15, -0.1) is 0 Å². The molecule has 0 rings (SSSR count). The molecule has 0 heterocycles. The fourth-order valence-electron chi connectivity index (χ4n) is 0.459. The minimum atomic E-state index is -0.554. The molecule has 0 unspecified atom stereocenters. The Kier molecular flexibility index (Phi) is 16.5. The van der Waals surface area contributed by atoms with Crippen LogP contribution in [0.5, 0.6) is 0 Å². The third kappa shape index (κ3) is 19.0. The van der Waals surface area contributed by atoms with Crippen molar-refractivity contribution >= 4 is 17.7 Å². The zero-order chi connectivity index (χ0) is 20.4. The van der Waals surface area contributed by atoms with Crippen molar-refractivity contribution in [2.45, 2.75) is 62.3 Å². The van der Waals surface area contributed by atoms with Crippen LogP contribution in [0.15, 0.2) is 0 Å². The van der Waals surface area contributed by atoms with Crippen LogP contribution >= 0.6 is 0 Å². The van der Waals surface area contributed by atoms with Crippen molar-refractivity contribution in [3.05, 3.63) is 15.6 Å². The average molecular weight is 404 g/mol. The van der Waals surface area contributed by atoms with E-state index in [1.165, 1.54) is 16.4 Å². The van der Waals surface area contributed by atoms with Crippen LogP contribution in [0.4, 0.5) is 0 Å². The first-order valence-corrected chi connectivity index (χ1v) is 7.22. The van der Waals surface area contributed by atoms with Crippen molar-refractivity contribution < 1.29 is 31.5 Å². The molecule has 0 atom stereocenters. The second kappa shape index (κ2) is 13.1. The molecular formula is C15H30FeN3O6. The summed E-state index contributed by atoms with van der Waals surface area (Å²) < 4.78 is 0. The molecule has 0 bridgehead atoms. The van der Waals surface area contributed by atoms with Gasteiger partial charge in [-0.3, -0.25) is 14.4 Å². The third-order valence-corrected chi connectivity index (χ3v) is 2.32. The number of nitrogens with one attached hydrogen (secondary N) is 3. The van der Waals surface area contributed by atoms with Crippen LogP contribution in [-0.4, -0.2) is 17.7 Å². The fraction of sp³-hybridized carbons (Fsp3) is 0.800. The maximum absolute atomic E-state index is 10.4. The molecule has 0 saturated carbocycles. The zero-order valence-corrected chi connectivity index (χ0v) is 17.4. The van der Waals surface area contributed by atoms with Gasteiger partial charge in [-0.05, 0) is 0 Å². The molecule has 3 N–H and O–H groups in total. The molecule has 0 aliphatic heterocycles. The number of carbonyl (C=O) groups is 3. The monoisotopic (exact) mass is 404 g/mol. The van der Waals surface area contributed by atoms with E-state index in [2.05, 4.69) is 0 Å². The van der Waals surface area contributed by atoms with Crippen LogP contribution in [0, 0.1) is 31.9 Å². The quantitative estimate of drug-likeness (QED) is 0.414. The van der Waals surface area contributed by atoms with Crippen LogP contribution in [0.2, 0.25) is 0 Å². The molecule has 149 valence electrons. The van der Waals surface area contributed by atoms with Gasteiger partial charge in [-0.2, -0.15) is 0 Å².